The van der Waals surface area contributed by atoms with Gasteiger partial charge in [-0.25, -0.2) is 0 Å². The van der Waals surface area contributed by atoms with Gasteiger partial charge in [0, 0.05) is 24.8 Å². The summed E-state index contributed by atoms with van der Waals surface area (Å²) in [6, 6.07) is 9.51. The Morgan fingerprint density at radius 1 is 1.36 bits per heavy atom. The molecular weight excluding hydrogens is 276 g/mol. The molecule has 0 aliphatic carbocycles. The first-order valence-electron chi connectivity index (χ1n) is 7.79. The van der Waals surface area contributed by atoms with Crippen LogP contribution in [0.1, 0.15) is 23.2 Å². The van der Waals surface area contributed by atoms with Crippen molar-refractivity contribution >= 4 is 5.91 Å². The minimum absolute atomic E-state index is 0.00406. The summed E-state index contributed by atoms with van der Waals surface area (Å²) in [6.45, 7) is 2.99. The van der Waals surface area contributed by atoms with Gasteiger partial charge in [-0.3, -0.25) is 9.89 Å². The van der Waals surface area contributed by atoms with Crippen molar-refractivity contribution in [3.8, 4) is 11.3 Å². The molecule has 2 N–H and O–H groups in total. The second-order valence-electron chi connectivity index (χ2n) is 6.03. The van der Waals surface area contributed by atoms with Gasteiger partial charge < -0.3 is 10.2 Å². The number of hydrogen-bond acceptors (Lipinski definition) is 3. The fourth-order valence-corrected chi connectivity index (χ4v) is 3.00. The molecule has 0 saturated carbocycles. The third-order valence-corrected chi connectivity index (χ3v) is 4.23. The van der Waals surface area contributed by atoms with Crippen molar-refractivity contribution in [1.29, 1.82) is 0 Å². The molecule has 3 rings (SSSR count). The van der Waals surface area contributed by atoms with Gasteiger partial charge in [-0.05, 0) is 56.1 Å². The molecular formula is C17H22N4O. The van der Waals surface area contributed by atoms with E-state index in [0.717, 1.165) is 24.3 Å². The van der Waals surface area contributed by atoms with Crippen molar-refractivity contribution in [1.82, 2.24) is 20.4 Å². The number of aromatic nitrogens is 2. The molecule has 1 saturated heterocycles. The molecule has 1 amide bonds. The third-order valence-electron chi connectivity index (χ3n) is 4.23. The molecule has 1 fully saturated rings. The summed E-state index contributed by atoms with van der Waals surface area (Å²) in [4.78, 5) is 14.6. The summed E-state index contributed by atoms with van der Waals surface area (Å²) in [6.07, 6.45) is 4.14. The molecule has 2 heterocycles. The predicted octanol–water partition coefficient (Wildman–Crippen LogP) is 2.15. The highest BCUT2D eigenvalue weighted by Crippen LogP contribution is 2.17. The van der Waals surface area contributed by atoms with E-state index < -0.39 is 0 Å². The number of amides is 1. The number of piperidine rings is 1. The minimum atomic E-state index is 0.00406. The van der Waals surface area contributed by atoms with E-state index in [2.05, 4.69) is 27.5 Å². The first-order chi connectivity index (χ1) is 10.7. The smallest absolute Gasteiger partial charge is 0.251 e. The molecule has 1 aliphatic rings. The first kappa shape index (κ1) is 14.8. The summed E-state index contributed by atoms with van der Waals surface area (Å²) in [5.41, 5.74) is 2.69. The molecule has 0 spiro atoms. The highest BCUT2D eigenvalue weighted by Gasteiger charge is 2.18. The maximum absolute atomic E-state index is 12.2. The van der Waals surface area contributed by atoms with E-state index in [9.17, 15) is 4.79 Å². The van der Waals surface area contributed by atoms with Crippen LogP contribution >= 0.6 is 0 Å². The maximum atomic E-state index is 12.2. The van der Waals surface area contributed by atoms with Gasteiger partial charge in [0.25, 0.3) is 5.91 Å². The Labute approximate surface area is 130 Å². The molecule has 0 radical (unpaired) electrons. The van der Waals surface area contributed by atoms with Gasteiger partial charge in [0.05, 0.1) is 5.69 Å². The number of hydrogen-bond donors (Lipinski definition) is 2. The van der Waals surface area contributed by atoms with E-state index in [4.69, 9.17) is 0 Å². The highest BCUT2D eigenvalue weighted by molar-refractivity contribution is 5.94. The lowest BCUT2D eigenvalue weighted by atomic mass is 9.98. The van der Waals surface area contributed by atoms with Crippen LogP contribution in [0.2, 0.25) is 0 Å². The SMILES string of the molecule is CN1CCCC(CNC(=O)c2ccc(-c3ccn[nH]3)cc2)C1. The largest absolute Gasteiger partial charge is 0.352 e. The quantitative estimate of drug-likeness (QED) is 0.909. The highest BCUT2D eigenvalue weighted by atomic mass is 16.1. The van der Waals surface area contributed by atoms with Crippen LogP contribution in [0.15, 0.2) is 36.5 Å². The maximum Gasteiger partial charge on any atom is 0.251 e. The molecule has 1 aromatic heterocycles. The molecule has 1 unspecified atom stereocenters. The van der Waals surface area contributed by atoms with Crippen LogP contribution in [0.25, 0.3) is 11.3 Å². The molecule has 1 atom stereocenters. The Morgan fingerprint density at radius 3 is 2.86 bits per heavy atom. The lowest BCUT2D eigenvalue weighted by Gasteiger charge is -2.29. The van der Waals surface area contributed by atoms with E-state index in [0.29, 0.717) is 11.5 Å². The van der Waals surface area contributed by atoms with E-state index in [1.165, 1.54) is 19.4 Å². The first-order valence-corrected chi connectivity index (χ1v) is 7.79. The van der Waals surface area contributed by atoms with Gasteiger partial charge in [0.2, 0.25) is 0 Å². The molecule has 2 aromatic rings. The van der Waals surface area contributed by atoms with Gasteiger partial charge in [0.15, 0.2) is 0 Å². The zero-order valence-electron chi connectivity index (χ0n) is 12.9. The Morgan fingerprint density at radius 2 is 2.18 bits per heavy atom. The van der Waals surface area contributed by atoms with Gasteiger partial charge in [-0.2, -0.15) is 5.10 Å². The number of carbonyl (C=O) groups excluding carboxylic acids is 1. The van der Waals surface area contributed by atoms with Crippen LogP contribution in [-0.4, -0.2) is 47.7 Å². The molecule has 1 aromatic carbocycles. The Bertz CT molecular complexity index is 606. The molecule has 116 valence electrons. The average molecular weight is 298 g/mol. The van der Waals surface area contributed by atoms with Crippen molar-refractivity contribution in [3.63, 3.8) is 0 Å². The Kier molecular flexibility index (Phi) is 4.53. The third kappa shape index (κ3) is 3.54. The normalized spacial score (nSPS) is 19.0. The topological polar surface area (TPSA) is 61.0 Å². The second kappa shape index (κ2) is 6.75. The second-order valence-corrected chi connectivity index (χ2v) is 6.03. The summed E-state index contributed by atoms with van der Waals surface area (Å²) < 4.78 is 0. The van der Waals surface area contributed by atoms with Crippen LogP contribution < -0.4 is 5.32 Å². The number of nitrogens with zero attached hydrogens (tertiary/aromatic N) is 2. The molecule has 5 heteroatoms. The standard InChI is InChI=1S/C17H22N4O/c1-21-10-2-3-13(12-21)11-18-17(22)15-6-4-14(5-7-15)16-8-9-19-20-16/h4-9,13H,2-3,10-12H2,1H3,(H,18,22)(H,19,20). The van der Waals surface area contributed by atoms with Crippen molar-refractivity contribution in [3.05, 3.63) is 42.1 Å². The Hall–Kier alpha value is -2.14. The number of likely N-dealkylation sites (tertiary alicyclic amines) is 1. The van der Waals surface area contributed by atoms with Crippen LogP contribution in [0.4, 0.5) is 0 Å². The van der Waals surface area contributed by atoms with Gasteiger partial charge in [-0.15, -0.1) is 0 Å². The van der Waals surface area contributed by atoms with E-state index in [-0.39, 0.29) is 5.91 Å². The van der Waals surface area contributed by atoms with Crippen LogP contribution in [-0.2, 0) is 0 Å². The van der Waals surface area contributed by atoms with Crippen LogP contribution in [0, 0.1) is 5.92 Å². The fourth-order valence-electron chi connectivity index (χ4n) is 3.00. The fraction of sp³-hybridized carbons (Fsp3) is 0.412. The van der Waals surface area contributed by atoms with Crippen molar-refractivity contribution < 1.29 is 4.79 Å². The number of carbonyl (C=O) groups is 1. The van der Waals surface area contributed by atoms with E-state index in [1.54, 1.807) is 6.20 Å². The van der Waals surface area contributed by atoms with Crippen molar-refractivity contribution in [2.24, 2.45) is 5.92 Å². The summed E-state index contributed by atoms with van der Waals surface area (Å²) in [5.74, 6) is 0.566. The number of nitrogens with one attached hydrogen (secondary N) is 2. The van der Waals surface area contributed by atoms with Crippen molar-refractivity contribution in [2.45, 2.75) is 12.8 Å². The van der Waals surface area contributed by atoms with Gasteiger partial charge >= 0.3 is 0 Å². The zero-order valence-corrected chi connectivity index (χ0v) is 12.9. The minimum Gasteiger partial charge on any atom is -0.352 e. The van der Waals surface area contributed by atoms with Gasteiger partial charge in [0.1, 0.15) is 0 Å². The van der Waals surface area contributed by atoms with Crippen LogP contribution in [0.3, 0.4) is 0 Å². The monoisotopic (exact) mass is 298 g/mol. The van der Waals surface area contributed by atoms with Crippen LogP contribution in [0.5, 0.6) is 0 Å². The summed E-state index contributed by atoms with van der Waals surface area (Å²) >= 11 is 0. The molecule has 1 aliphatic heterocycles. The number of benzene rings is 1. The summed E-state index contributed by atoms with van der Waals surface area (Å²) in [5, 5.41) is 9.91. The molecule has 22 heavy (non-hydrogen) atoms. The number of aromatic amines is 1. The number of H-pyrrole nitrogens is 1. The van der Waals surface area contributed by atoms with E-state index in [1.807, 2.05) is 30.3 Å². The lowest BCUT2D eigenvalue weighted by molar-refractivity contribution is 0.0937. The lowest BCUT2D eigenvalue weighted by Crippen LogP contribution is -2.39. The molecule has 5 nitrogen and oxygen atoms in total. The van der Waals surface area contributed by atoms with Gasteiger partial charge in [-0.1, -0.05) is 12.1 Å². The van der Waals surface area contributed by atoms with E-state index >= 15 is 0 Å². The number of rotatable bonds is 4. The summed E-state index contributed by atoms with van der Waals surface area (Å²) in [7, 11) is 2.14. The predicted molar refractivity (Wildman–Crippen MR) is 86.6 cm³/mol. The molecule has 0 bridgehead atoms. The Balaban J connectivity index is 1.56. The zero-order chi connectivity index (χ0) is 15.4. The average Bonchev–Trinajstić information content (AvgIpc) is 3.07. The van der Waals surface area contributed by atoms with Crippen molar-refractivity contribution in [2.75, 3.05) is 26.7 Å².